The quantitative estimate of drug-likeness (QED) is 0.403. The highest BCUT2D eigenvalue weighted by molar-refractivity contribution is 7.17. The van der Waals surface area contributed by atoms with Gasteiger partial charge in [0.2, 0.25) is 0 Å². The van der Waals surface area contributed by atoms with E-state index >= 15 is 0 Å². The lowest BCUT2D eigenvalue weighted by Gasteiger charge is -2.33. The molecule has 2 nitrogen and oxygen atoms in total. The van der Waals surface area contributed by atoms with Crippen molar-refractivity contribution in [1.82, 2.24) is 4.90 Å². The largest absolute Gasteiger partial charge is 0.297 e. The summed E-state index contributed by atoms with van der Waals surface area (Å²) < 4.78 is 1.27. The molecule has 3 heteroatoms. The number of carbonyl (C=O) groups excluding carboxylic acids is 1. The summed E-state index contributed by atoms with van der Waals surface area (Å²) in [5.41, 5.74) is 5.68. The van der Waals surface area contributed by atoms with Crippen molar-refractivity contribution in [2.45, 2.75) is 57.9 Å². The van der Waals surface area contributed by atoms with E-state index in [4.69, 9.17) is 0 Å². The highest BCUT2D eigenvalue weighted by Crippen LogP contribution is 2.37. The molecular formula is C28H31NOS. The first-order valence-corrected chi connectivity index (χ1v) is 12.7. The van der Waals surface area contributed by atoms with Crippen LogP contribution in [-0.2, 0) is 6.42 Å². The lowest BCUT2D eigenvalue weighted by molar-refractivity contribution is 0.103. The highest BCUT2D eigenvalue weighted by Gasteiger charge is 2.25. The van der Waals surface area contributed by atoms with Crippen molar-refractivity contribution in [3.63, 3.8) is 0 Å². The van der Waals surface area contributed by atoms with Gasteiger partial charge in [0.25, 0.3) is 0 Å². The zero-order valence-electron chi connectivity index (χ0n) is 18.4. The van der Waals surface area contributed by atoms with Crippen molar-refractivity contribution in [3.8, 4) is 0 Å². The smallest absolute Gasteiger partial charge is 0.193 e. The van der Waals surface area contributed by atoms with E-state index in [-0.39, 0.29) is 5.78 Å². The Hall–Kier alpha value is -2.23. The second-order valence-electron chi connectivity index (χ2n) is 9.05. The summed E-state index contributed by atoms with van der Waals surface area (Å²) >= 11 is 1.80. The van der Waals surface area contributed by atoms with Gasteiger partial charge >= 0.3 is 0 Å². The number of hydrogen-bond donors (Lipinski definition) is 0. The first-order chi connectivity index (χ1) is 15.2. The number of fused-ring (bicyclic) bond motifs is 2. The Labute approximate surface area is 189 Å². The van der Waals surface area contributed by atoms with E-state index in [0.717, 1.165) is 43.0 Å². The zero-order valence-corrected chi connectivity index (χ0v) is 19.2. The number of aryl methyl sites for hydroxylation is 1. The Balaban J connectivity index is 1.43. The van der Waals surface area contributed by atoms with Crippen LogP contribution in [0, 0.1) is 0 Å². The minimum atomic E-state index is 0.120. The van der Waals surface area contributed by atoms with Crippen LogP contribution < -0.4 is 0 Å². The van der Waals surface area contributed by atoms with E-state index in [1.807, 2.05) is 18.2 Å². The van der Waals surface area contributed by atoms with Crippen LogP contribution in [0.4, 0.5) is 0 Å². The third-order valence-electron chi connectivity index (χ3n) is 7.00. The Morgan fingerprint density at radius 1 is 1.06 bits per heavy atom. The molecule has 0 saturated carbocycles. The minimum absolute atomic E-state index is 0.120. The molecule has 3 heterocycles. The fourth-order valence-corrected chi connectivity index (χ4v) is 6.19. The second-order valence-corrected chi connectivity index (χ2v) is 9.96. The van der Waals surface area contributed by atoms with Crippen molar-refractivity contribution in [2.75, 3.05) is 13.1 Å². The van der Waals surface area contributed by atoms with Crippen molar-refractivity contribution < 1.29 is 4.79 Å². The molecule has 0 N–H and O–H groups in total. The molecular weight excluding hydrogens is 398 g/mol. The van der Waals surface area contributed by atoms with E-state index in [2.05, 4.69) is 47.5 Å². The highest BCUT2D eigenvalue weighted by atomic mass is 32.1. The number of benzene rings is 2. The fraction of sp³-hybridized carbons (Fsp3) is 0.393. The summed E-state index contributed by atoms with van der Waals surface area (Å²) in [6.07, 6.45) is 11.1. The summed E-state index contributed by atoms with van der Waals surface area (Å²) in [5, 5.41) is 3.54. The van der Waals surface area contributed by atoms with E-state index in [1.165, 1.54) is 59.0 Å². The SMILES string of the molecule is CCCc1ccc(C(=O)c2ccc3scc(C4=CCN5CCCCC5CC4)c3c2)cc1. The van der Waals surface area contributed by atoms with Crippen LogP contribution in [0.1, 0.15) is 72.5 Å². The number of rotatable bonds is 5. The average molecular weight is 430 g/mol. The normalized spacial score (nSPS) is 19.6. The maximum atomic E-state index is 13.2. The summed E-state index contributed by atoms with van der Waals surface area (Å²) in [4.78, 5) is 15.8. The van der Waals surface area contributed by atoms with Crippen LogP contribution in [-0.4, -0.2) is 29.8 Å². The fourth-order valence-electron chi connectivity index (χ4n) is 5.22. The molecule has 1 aromatic heterocycles. The van der Waals surface area contributed by atoms with E-state index in [0.29, 0.717) is 0 Å². The number of allylic oxidation sites excluding steroid dienone is 1. The first-order valence-electron chi connectivity index (χ1n) is 11.8. The molecule has 2 aliphatic heterocycles. The van der Waals surface area contributed by atoms with Gasteiger partial charge in [-0.3, -0.25) is 9.69 Å². The van der Waals surface area contributed by atoms with E-state index in [9.17, 15) is 4.79 Å². The molecule has 3 aromatic rings. The molecule has 5 rings (SSSR count). The number of ketones is 1. The molecule has 1 atom stereocenters. The molecule has 2 aliphatic rings. The van der Waals surface area contributed by atoms with Crippen molar-refractivity contribution >= 4 is 32.8 Å². The average Bonchev–Trinajstić information content (AvgIpc) is 3.11. The molecule has 0 spiro atoms. The van der Waals surface area contributed by atoms with E-state index < -0.39 is 0 Å². The third-order valence-corrected chi connectivity index (χ3v) is 7.97. The summed E-state index contributed by atoms with van der Waals surface area (Å²) in [7, 11) is 0. The second kappa shape index (κ2) is 9.10. The van der Waals surface area contributed by atoms with Gasteiger partial charge in [-0.15, -0.1) is 11.3 Å². The molecule has 0 radical (unpaired) electrons. The van der Waals surface area contributed by atoms with Crippen LogP contribution in [0.3, 0.4) is 0 Å². The maximum Gasteiger partial charge on any atom is 0.193 e. The Kier molecular flexibility index (Phi) is 6.06. The summed E-state index contributed by atoms with van der Waals surface area (Å²) in [6, 6.07) is 15.1. The van der Waals surface area contributed by atoms with E-state index in [1.54, 1.807) is 11.3 Å². The molecule has 0 bridgehead atoms. The molecule has 31 heavy (non-hydrogen) atoms. The molecule has 2 aromatic carbocycles. The van der Waals surface area contributed by atoms with Gasteiger partial charge in [-0.25, -0.2) is 0 Å². The third kappa shape index (κ3) is 4.26. The predicted molar refractivity (Wildman–Crippen MR) is 132 cm³/mol. The minimum Gasteiger partial charge on any atom is -0.297 e. The van der Waals surface area contributed by atoms with Gasteiger partial charge < -0.3 is 0 Å². The zero-order chi connectivity index (χ0) is 21.2. The predicted octanol–water partition coefficient (Wildman–Crippen LogP) is 7.12. The van der Waals surface area contributed by atoms with Crippen LogP contribution >= 0.6 is 11.3 Å². The molecule has 0 amide bonds. The van der Waals surface area contributed by atoms with Gasteiger partial charge in [-0.05, 0) is 78.9 Å². The summed E-state index contributed by atoms with van der Waals surface area (Å²) in [6.45, 7) is 4.50. The maximum absolute atomic E-state index is 13.2. The van der Waals surface area contributed by atoms with Crippen LogP contribution in [0.15, 0.2) is 53.9 Å². The topological polar surface area (TPSA) is 20.3 Å². The molecule has 1 fully saturated rings. The van der Waals surface area contributed by atoms with Gasteiger partial charge in [0.1, 0.15) is 0 Å². The monoisotopic (exact) mass is 429 g/mol. The number of carbonyl (C=O) groups is 1. The van der Waals surface area contributed by atoms with Crippen LogP contribution in [0.2, 0.25) is 0 Å². The number of nitrogens with zero attached hydrogens (tertiary/aromatic N) is 1. The van der Waals surface area contributed by atoms with Gasteiger partial charge in [-0.2, -0.15) is 0 Å². The van der Waals surface area contributed by atoms with Gasteiger partial charge in [0.15, 0.2) is 5.78 Å². The first kappa shape index (κ1) is 20.7. The van der Waals surface area contributed by atoms with Crippen molar-refractivity contribution in [2.24, 2.45) is 0 Å². The molecule has 1 unspecified atom stereocenters. The summed E-state index contributed by atoms with van der Waals surface area (Å²) in [5.74, 6) is 0.120. The molecule has 0 aliphatic carbocycles. The Morgan fingerprint density at radius 2 is 1.90 bits per heavy atom. The van der Waals surface area contributed by atoms with Crippen molar-refractivity contribution in [1.29, 1.82) is 0 Å². The van der Waals surface area contributed by atoms with Crippen molar-refractivity contribution in [3.05, 3.63) is 76.2 Å². The van der Waals surface area contributed by atoms with Crippen LogP contribution in [0.25, 0.3) is 15.7 Å². The molecule has 160 valence electrons. The van der Waals surface area contributed by atoms with Gasteiger partial charge in [0, 0.05) is 33.8 Å². The molecule has 1 saturated heterocycles. The Morgan fingerprint density at radius 3 is 2.74 bits per heavy atom. The lowest BCUT2D eigenvalue weighted by atomic mass is 9.94. The number of hydrogen-bond acceptors (Lipinski definition) is 3. The number of thiophene rings is 1. The number of piperidine rings is 1. The van der Waals surface area contributed by atoms with Gasteiger partial charge in [0.05, 0.1) is 0 Å². The van der Waals surface area contributed by atoms with Gasteiger partial charge in [-0.1, -0.05) is 50.1 Å². The lowest BCUT2D eigenvalue weighted by Crippen LogP contribution is -2.38. The standard InChI is InChI=1S/C28H31NOS/c1-2-5-20-7-9-22(10-8-20)28(30)23-12-14-27-25(18-23)26(19-31-27)21-11-13-24-6-3-4-16-29(24)17-15-21/h7-10,12,14-15,18-19,24H,2-6,11,13,16-17H2,1H3. The Bertz CT molecular complexity index is 1110. The van der Waals surface area contributed by atoms with Crippen LogP contribution in [0.5, 0.6) is 0 Å².